The van der Waals surface area contributed by atoms with E-state index in [2.05, 4.69) is 4.72 Å². The van der Waals surface area contributed by atoms with Gasteiger partial charge in [0.05, 0.1) is 16.5 Å². The maximum Gasteiger partial charge on any atom is 0.235 e. The molecule has 16 heavy (non-hydrogen) atoms. The van der Waals surface area contributed by atoms with Crippen molar-refractivity contribution in [2.45, 2.75) is 18.1 Å². The Morgan fingerprint density at radius 1 is 1.44 bits per heavy atom. The lowest BCUT2D eigenvalue weighted by Gasteiger charge is -2.08. The van der Waals surface area contributed by atoms with Crippen molar-refractivity contribution < 1.29 is 12.8 Å². The summed E-state index contributed by atoms with van der Waals surface area (Å²) < 4.78 is 38.3. The number of nitrogens with zero attached hydrogens (tertiary/aromatic N) is 1. The molecule has 0 atom stereocenters. The van der Waals surface area contributed by atoms with Crippen LogP contribution in [0.15, 0.2) is 18.2 Å². The van der Waals surface area contributed by atoms with Gasteiger partial charge in [-0.15, -0.1) is 0 Å². The predicted molar refractivity (Wildman–Crippen MR) is 56.7 cm³/mol. The van der Waals surface area contributed by atoms with E-state index in [4.69, 9.17) is 5.26 Å². The summed E-state index contributed by atoms with van der Waals surface area (Å²) in [6.45, 7) is 0. The van der Waals surface area contributed by atoms with Crippen LogP contribution in [0, 0.1) is 17.1 Å². The Kier molecular flexibility index (Phi) is 2.56. The molecule has 1 aliphatic rings. The van der Waals surface area contributed by atoms with Crippen LogP contribution in [0.1, 0.15) is 18.4 Å². The fourth-order valence-electron chi connectivity index (χ4n) is 1.31. The highest BCUT2D eigenvalue weighted by molar-refractivity contribution is 7.93. The highest BCUT2D eigenvalue weighted by Crippen LogP contribution is 2.30. The quantitative estimate of drug-likeness (QED) is 0.872. The first-order valence-electron chi connectivity index (χ1n) is 4.74. The number of nitriles is 1. The van der Waals surface area contributed by atoms with Crippen molar-refractivity contribution in [2.75, 3.05) is 4.72 Å². The molecule has 1 fully saturated rings. The third-order valence-electron chi connectivity index (χ3n) is 2.32. The number of nitrogens with one attached hydrogen (secondary N) is 1. The summed E-state index contributed by atoms with van der Waals surface area (Å²) in [5.41, 5.74) is 0.125. The number of halogens is 1. The Morgan fingerprint density at radius 2 is 2.12 bits per heavy atom. The largest absolute Gasteiger partial charge is 0.282 e. The van der Waals surface area contributed by atoms with E-state index in [0.717, 1.165) is 12.1 Å². The number of benzene rings is 1. The molecule has 2 rings (SSSR count). The van der Waals surface area contributed by atoms with Crippen molar-refractivity contribution in [3.63, 3.8) is 0 Å². The number of anilines is 1. The normalized spacial score (nSPS) is 15.5. The fourth-order valence-corrected chi connectivity index (χ4v) is 2.72. The molecular formula is C10H9FN2O2S. The molecule has 0 heterocycles. The summed E-state index contributed by atoms with van der Waals surface area (Å²) in [4.78, 5) is 0. The Balaban J connectivity index is 2.31. The molecule has 0 bridgehead atoms. The summed E-state index contributed by atoms with van der Waals surface area (Å²) in [6, 6.07) is 5.13. The van der Waals surface area contributed by atoms with E-state index in [0.29, 0.717) is 12.8 Å². The molecule has 1 saturated carbocycles. The minimum atomic E-state index is -3.41. The van der Waals surface area contributed by atoms with Crippen LogP contribution >= 0.6 is 0 Å². The van der Waals surface area contributed by atoms with Crippen LogP contribution < -0.4 is 4.72 Å². The molecule has 1 N–H and O–H groups in total. The van der Waals surface area contributed by atoms with E-state index in [1.165, 1.54) is 6.07 Å². The van der Waals surface area contributed by atoms with Crippen LogP contribution in [0.4, 0.5) is 10.1 Å². The van der Waals surface area contributed by atoms with Crippen LogP contribution in [-0.2, 0) is 10.0 Å². The molecule has 0 aliphatic heterocycles. The summed E-state index contributed by atoms with van der Waals surface area (Å²) in [5.74, 6) is -0.564. The van der Waals surface area contributed by atoms with Gasteiger partial charge >= 0.3 is 0 Å². The van der Waals surface area contributed by atoms with Gasteiger partial charge in [0.1, 0.15) is 11.9 Å². The second-order valence-corrected chi connectivity index (χ2v) is 5.61. The van der Waals surface area contributed by atoms with E-state index in [9.17, 15) is 12.8 Å². The van der Waals surface area contributed by atoms with Crippen molar-refractivity contribution in [3.05, 3.63) is 29.6 Å². The number of sulfonamides is 1. The average molecular weight is 240 g/mol. The van der Waals surface area contributed by atoms with Crippen LogP contribution in [0.5, 0.6) is 0 Å². The standard InChI is InChI=1S/C10H9FN2O2S/c11-8-1-4-10(7(5-8)6-12)13-16(14,15)9-2-3-9/h1,4-5,9,13H,2-3H2. The molecule has 1 aromatic rings. The highest BCUT2D eigenvalue weighted by atomic mass is 32.2. The molecule has 0 aromatic heterocycles. The van der Waals surface area contributed by atoms with Gasteiger partial charge in [0.15, 0.2) is 0 Å². The lowest BCUT2D eigenvalue weighted by molar-refractivity contribution is 0.599. The zero-order valence-corrected chi connectivity index (χ0v) is 9.09. The van der Waals surface area contributed by atoms with Crippen LogP contribution in [-0.4, -0.2) is 13.7 Å². The van der Waals surface area contributed by atoms with Crippen LogP contribution in [0.2, 0.25) is 0 Å². The first kappa shape index (κ1) is 10.9. The zero-order chi connectivity index (χ0) is 11.8. The Morgan fingerprint density at radius 3 is 2.69 bits per heavy atom. The van der Waals surface area contributed by atoms with Crippen molar-refractivity contribution in [2.24, 2.45) is 0 Å². The van der Waals surface area contributed by atoms with Crippen molar-refractivity contribution >= 4 is 15.7 Å². The van der Waals surface area contributed by atoms with Crippen molar-refractivity contribution in [1.29, 1.82) is 5.26 Å². The molecule has 4 nitrogen and oxygen atoms in total. The van der Waals surface area contributed by atoms with E-state index >= 15 is 0 Å². The topological polar surface area (TPSA) is 70.0 Å². The van der Waals surface area contributed by atoms with E-state index in [-0.39, 0.29) is 16.5 Å². The van der Waals surface area contributed by atoms with Gasteiger partial charge in [0.2, 0.25) is 10.0 Å². The first-order valence-corrected chi connectivity index (χ1v) is 6.29. The van der Waals surface area contributed by atoms with Gasteiger partial charge in [0, 0.05) is 0 Å². The van der Waals surface area contributed by atoms with Gasteiger partial charge in [-0.05, 0) is 31.0 Å². The fraction of sp³-hybridized carbons (Fsp3) is 0.300. The Hall–Kier alpha value is -1.61. The van der Waals surface area contributed by atoms with Gasteiger partial charge in [-0.1, -0.05) is 0 Å². The smallest absolute Gasteiger partial charge is 0.235 e. The van der Waals surface area contributed by atoms with Crippen LogP contribution in [0.3, 0.4) is 0 Å². The molecule has 0 saturated heterocycles. The summed E-state index contributed by atoms with van der Waals surface area (Å²) in [6.07, 6.45) is 1.27. The molecule has 0 unspecified atom stereocenters. The van der Waals surface area contributed by atoms with Gasteiger partial charge in [-0.3, -0.25) is 4.72 Å². The number of rotatable bonds is 3. The van der Waals surface area contributed by atoms with Crippen molar-refractivity contribution in [3.8, 4) is 6.07 Å². The van der Waals surface area contributed by atoms with Gasteiger partial charge < -0.3 is 0 Å². The number of hydrogen-bond donors (Lipinski definition) is 1. The highest BCUT2D eigenvalue weighted by Gasteiger charge is 2.36. The maximum atomic E-state index is 12.8. The van der Waals surface area contributed by atoms with Crippen molar-refractivity contribution in [1.82, 2.24) is 0 Å². The number of hydrogen-bond acceptors (Lipinski definition) is 3. The summed E-state index contributed by atoms with van der Waals surface area (Å²) in [5, 5.41) is 8.37. The molecular weight excluding hydrogens is 231 g/mol. The van der Waals surface area contributed by atoms with E-state index in [1.54, 1.807) is 6.07 Å². The Bertz CT molecular complexity index is 559. The summed E-state index contributed by atoms with van der Waals surface area (Å²) >= 11 is 0. The molecule has 1 aliphatic carbocycles. The molecule has 1 aromatic carbocycles. The third kappa shape index (κ3) is 2.14. The molecule has 0 amide bonds. The molecule has 0 spiro atoms. The van der Waals surface area contributed by atoms with Gasteiger partial charge in [-0.2, -0.15) is 5.26 Å². The second kappa shape index (κ2) is 3.76. The lowest BCUT2D eigenvalue weighted by Crippen LogP contribution is -2.18. The molecule has 6 heteroatoms. The zero-order valence-electron chi connectivity index (χ0n) is 8.27. The molecule has 0 radical (unpaired) electrons. The van der Waals surface area contributed by atoms with E-state index < -0.39 is 15.8 Å². The SMILES string of the molecule is N#Cc1cc(F)ccc1NS(=O)(=O)C1CC1. The monoisotopic (exact) mass is 240 g/mol. The average Bonchev–Trinajstić information content (AvgIpc) is 3.04. The second-order valence-electron chi connectivity index (χ2n) is 3.65. The van der Waals surface area contributed by atoms with E-state index in [1.807, 2.05) is 0 Å². The maximum absolute atomic E-state index is 12.8. The van der Waals surface area contributed by atoms with Gasteiger partial charge in [0.25, 0.3) is 0 Å². The minimum absolute atomic E-state index is 0.00998. The minimum Gasteiger partial charge on any atom is -0.282 e. The van der Waals surface area contributed by atoms with Crippen LogP contribution in [0.25, 0.3) is 0 Å². The summed E-state index contributed by atoms with van der Waals surface area (Å²) in [7, 11) is -3.41. The predicted octanol–water partition coefficient (Wildman–Crippen LogP) is 1.60. The van der Waals surface area contributed by atoms with Gasteiger partial charge in [-0.25, -0.2) is 12.8 Å². The lowest BCUT2D eigenvalue weighted by atomic mass is 10.2. The molecule has 84 valence electrons. The third-order valence-corrected chi connectivity index (χ3v) is 4.17. The Labute approximate surface area is 92.8 Å². The first-order chi connectivity index (χ1) is 7.53.